The molecule has 5 heteroatoms. The molecule has 1 N–H and O–H groups in total. The monoisotopic (exact) mass is 253 g/mol. The average Bonchev–Trinajstić information content (AvgIpc) is 2.35. The minimum Gasteiger partial charge on any atom is -0.475 e. The number of nitrogens with zero attached hydrogens (tertiary/aromatic N) is 2. The molecule has 0 atom stereocenters. The highest BCUT2D eigenvalue weighted by Crippen LogP contribution is 2.22. The summed E-state index contributed by atoms with van der Waals surface area (Å²) in [6, 6.07) is 0. The van der Waals surface area contributed by atoms with Crippen molar-refractivity contribution in [3.05, 3.63) is 11.4 Å². The zero-order chi connectivity index (χ0) is 13.4. The number of hydrogen-bond acceptors (Lipinski definition) is 5. The van der Waals surface area contributed by atoms with Crippen molar-refractivity contribution in [2.24, 2.45) is 0 Å². The molecule has 102 valence electrons. The molecule has 0 aromatic carbocycles. The third kappa shape index (κ3) is 4.14. The molecule has 0 saturated heterocycles. The van der Waals surface area contributed by atoms with Gasteiger partial charge in [-0.2, -0.15) is 4.98 Å². The Hall–Kier alpha value is -1.36. The van der Waals surface area contributed by atoms with Gasteiger partial charge in [-0.25, -0.2) is 4.98 Å². The van der Waals surface area contributed by atoms with Gasteiger partial charge in [-0.1, -0.05) is 6.92 Å². The van der Waals surface area contributed by atoms with Crippen molar-refractivity contribution in [1.29, 1.82) is 0 Å². The largest absolute Gasteiger partial charge is 0.475 e. The number of rotatable bonds is 8. The van der Waals surface area contributed by atoms with Crippen LogP contribution in [-0.2, 0) is 11.2 Å². The summed E-state index contributed by atoms with van der Waals surface area (Å²) in [4.78, 5) is 8.96. The smallest absolute Gasteiger partial charge is 0.221 e. The van der Waals surface area contributed by atoms with Crippen LogP contribution in [0.25, 0.3) is 0 Å². The van der Waals surface area contributed by atoms with E-state index >= 15 is 0 Å². The summed E-state index contributed by atoms with van der Waals surface area (Å²) < 4.78 is 10.6. The van der Waals surface area contributed by atoms with Gasteiger partial charge in [0.2, 0.25) is 5.88 Å². The van der Waals surface area contributed by atoms with Crippen LogP contribution in [0.3, 0.4) is 0 Å². The zero-order valence-electron chi connectivity index (χ0n) is 11.7. The third-order valence-electron chi connectivity index (χ3n) is 2.49. The summed E-state index contributed by atoms with van der Waals surface area (Å²) in [7, 11) is 1.66. The lowest BCUT2D eigenvalue weighted by molar-refractivity contribution is 0.143. The highest BCUT2D eigenvalue weighted by Gasteiger charge is 2.11. The van der Waals surface area contributed by atoms with Crippen molar-refractivity contribution in [3.63, 3.8) is 0 Å². The Balaban J connectivity index is 2.90. The minimum atomic E-state index is 0.505. The van der Waals surface area contributed by atoms with Gasteiger partial charge in [-0.05, 0) is 20.3 Å². The van der Waals surface area contributed by atoms with E-state index in [1.54, 1.807) is 7.11 Å². The van der Waals surface area contributed by atoms with Crippen LogP contribution in [0.5, 0.6) is 5.88 Å². The van der Waals surface area contributed by atoms with Gasteiger partial charge < -0.3 is 14.8 Å². The van der Waals surface area contributed by atoms with Crippen molar-refractivity contribution in [2.75, 3.05) is 32.2 Å². The average molecular weight is 253 g/mol. The van der Waals surface area contributed by atoms with Gasteiger partial charge in [0.1, 0.15) is 18.2 Å². The highest BCUT2D eigenvalue weighted by molar-refractivity contribution is 5.48. The fraction of sp³-hybridized carbons (Fsp3) is 0.692. The Kier molecular flexibility index (Phi) is 6.43. The maximum absolute atomic E-state index is 5.64. The van der Waals surface area contributed by atoms with E-state index in [1.165, 1.54) is 0 Å². The van der Waals surface area contributed by atoms with Gasteiger partial charge in [0.25, 0.3) is 0 Å². The second-order valence-electron chi connectivity index (χ2n) is 4.04. The lowest BCUT2D eigenvalue weighted by Gasteiger charge is -2.13. The molecule has 0 bridgehead atoms. The van der Waals surface area contributed by atoms with Gasteiger partial charge in [0, 0.05) is 20.1 Å². The van der Waals surface area contributed by atoms with E-state index in [0.717, 1.165) is 36.6 Å². The lowest BCUT2D eigenvalue weighted by Crippen LogP contribution is -2.11. The fourth-order valence-corrected chi connectivity index (χ4v) is 1.58. The molecule has 0 amide bonds. The van der Waals surface area contributed by atoms with Crippen LogP contribution in [0.15, 0.2) is 0 Å². The first-order valence-corrected chi connectivity index (χ1v) is 6.46. The number of aromatic nitrogens is 2. The first kappa shape index (κ1) is 14.7. The molecular weight excluding hydrogens is 230 g/mol. The van der Waals surface area contributed by atoms with Gasteiger partial charge >= 0.3 is 0 Å². The molecule has 1 rings (SSSR count). The molecule has 1 aromatic heterocycles. The Morgan fingerprint density at radius 1 is 1.17 bits per heavy atom. The fourth-order valence-electron chi connectivity index (χ4n) is 1.58. The first-order valence-electron chi connectivity index (χ1n) is 6.46. The molecule has 0 radical (unpaired) electrons. The van der Waals surface area contributed by atoms with Crippen molar-refractivity contribution in [1.82, 2.24) is 9.97 Å². The molecule has 0 aliphatic carbocycles. The Morgan fingerprint density at radius 2 is 1.94 bits per heavy atom. The molecule has 1 heterocycles. The summed E-state index contributed by atoms with van der Waals surface area (Å²) in [5.41, 5.74) is 0.952. The second-order valence-corrected chi connectivity index (χ2v) is 4.04. The van der Waals surface area contributed by atoms with E-state index in [9.17, 15) is 0 Å². The number of ether oxygens (including phenoxy) is 2. The quantitative estimate of drug-likeness (QED) is 0.720. The summed E-state index contributed by atoms with van der Waals surface area (Å²) in [6.45, 7) is 8.03. The van der Waals surface area contributed by atoms with Gasteiger partial charge in [0.15, 0.2) is 0 Å². The van der Waals surface area contributed by atoms with Crippen molar-refractivity contribution < 1.29 is 9.47 Å². The van der Waals surface area contributed by atoms with Gasteiger partial charge in [-0.15, -0.1) is 0 Å². The molecule has 0 fully saturated rings. The second kappa shape index (κ2) is 7.87. The summed E-state index contributed by atoms with van der Waals surface area (Å²) in [5.74, 6) is 2.34. The SMILES string of the molecule is CCCc1nc(NCC)c(C)c(OCCOC)n1. The summed E-state index contributed by atoms with van der Waals surface area (Å²) >= 11 is 0. The van der Waals surface area contributed by atoms with Crippen LogP contribution in [-0.4, -0.2) is 36.8 Å². The van der Waals surface area contributed by atoms with Crippen LogP contribution in [0.2, 0.25) is 0 Å². The van der Waals surface area contributed by atoms with Gasteiger partial charge in [-0.3, -0.25) is 0 Å². The van der Waals surface area contributed by atoms with Crippen molar-refractivity contribution in [2.45, 2.75) is 33.6 Å². The lowest BCUT2D eigenvalue weighted by atomic mass is 10.2. The van der Waals surface area contributed by atoms with Crippen molar-refractivity contribution >= 4 is 5.82 Å². The Labute approximate surface area is 109 Å². The Morgan fingerprint density at radius 3 is 2.56 bits per heavy atom. The van der Waals surface area contributed by atoms with Crippen molar-refractivity contribution in [3.8, 4) is 5.88 Å². The molecule has 0 aliphatic heterocycles. The predicted molar refractivity (Wildman–Crippen MR) is 72.3 cm³/mol. The van der Waals surface area contributed by atoms with E-state index in [1.807, 2.05) is 13.8 Å². The van der Waals surface area contributed by atoms with Crippen LogP contribution >= 0.6 is 0 Å². The van der Waals surface area contributed by atoms with E-state index in [2.05, 4.69) is 22.2 Å². The molecule has 18 heavy (non-hydrogen) atoms. The van der Waals surface area contributed by atoms with E-state index in [4.69, 9.17) is 9.47 Å². The van der Waals surface area contributed by atoms with Crippen LogP contribution in [0, 0.1) is 6.92 Å². The van der Waals surface area contributed by atoms with Crippen LogP contribution in [0.4, 0.5) is 5.82 Å². The minimum absolute atomic E-state index is 0.505. The normalized spacial score (nSPS) is 10.4. The first-order chi connectivity index (χ1) is 8.72. The molecule has 0 aliphatic rings. The van der Waals surface area contributed by atoms with Crippen LogP contribution in [0.1, 0.15) is 31.7 Å². The maximum atomic E-state index is 5.64. The topological polar surface area (TPSA) is 56.3 Å². The number of aryl methyl sites for hydroxylation is 1. The molecule has 0 unspecified atom stereocenters. The number of methoxy groups -OCH3 is 1. The number of hydrogen-bond donors (Lipinski definition) is 1. The molecule has 1 aromatic rings. The van der Waals surface area contributed by atoms with Crippen LogP contribution < -0.4 is 10.1 Å². The molecular formula is C13H23N3O2. The van der Waals surface area contributed by atoms with E-state index < -0.39 is 0 Å². The van der Waals surface area contributed by atoms with Gasteiger partial charge in [0.05, 0.1) is 12.2 Å². The third-order valence-corrected chi connectivity index (χ3v) is 2.49. The zero-order valence-corrected chi connectivity index (χ0v) is 11.7. The molecule has 0 saturated carbocycles. The number of nitrogens with one attached hydrogen (secondary N) is 1. The molecule has 5 nitrogen and oxygen atoms in total. The maximum Gasteiger partial charge on any atom is 0.221 e. The standard InChI is InChI=1S/C13H23N3O2/c1-5-7-11-15-12(14-6-2)10(3)13(16-11)18-9-8-17-4/h5-9H2,1-4H3,(H,14,15,16). The molecule has 0 spiro atoms. The Bertz CT molecular complexity index is 369. The predicted octanol–water partition coefficient (Wildman–Crippen LogP) is 2.19. The highest BCUT2D eigenvalue weighted by atomic mass is 16.5. The summed E-state index contributed by atoms with van der Waals surface area (Å²) in [6.07, 6.45) is 1.88. The number of anilines is 1. The summed E-state index contributed by atoms with van der Waals surface area (Å²) in [5, 5.41) is 3.24. The van der Waals surface area contributed by atoms with E-state index in [-0.39, 0.29) is 0 Å². The van der Waals surface area contributed by atoms with E-state index in [0.29, 0.717) is 19.1 Å².